The Balaban J connectivity index is 2.16. The first-order valence-electron chi connectivity index (χ1n) is 12.0. The number of benzene rings is 2. The van der Waals surface area contributed by atoms with Gasteiger partial charge in [0.15, 0.2) is 0 Å². The van der Waals surface area contributed by atoms with Crippen LogP contribution in [0.3, 0.4) is 0 Å². The van der Waals surface area contributed by atoms with E-state index in [0.29, 0.717) is 36.6 Å². The van der Waals surface area contributed by atoms with E-state index in [1.807, 2.05) is 37.3 Å². The van der Waals surface area contributed by atoms with Gasteiger partial charge in [-0.1, -0.05) is 68.3 Å². The van der Waals surface area contributed by atoms with E-state index < -0.39 is 16.1 Å². The van der Waals surface area contributed by atoms with E-state index in [0.717, 1.165) is 24.7 Å². The number of carbonyl (C=O) groups excluding carboxylic acids is 2. The van der Waals surface area contributed by atoms with E-state index in [4.69, 9.17) is 11.6 Å². The van der Waals surface area contributed by atoms with Crippen LogP contribution in [0, 0.1) is 0 Å². The maximum absolute atomic E-state index is 13.4. The lowest BCUT2D eigenvalue weighted by Gasteiger charge is -2.31. The van der Waals surface area contributed by atoms with Crippen molar-refractivity contribution in [3.8, 4) is 0 Å². The Bertz CT molecular complexity index is 1060. The molecule has 0 aromatic heterocycles. The SMILES string of the molecule is CCCCNC(=O)C(CC)N(Cc1ccccc1)C(=O)CCCN(c1cccc(Cl)c1)S(C)(=O)=O. The normalized spacial score (nSPS) is 12.1. The maximum atomic E-state index is 13.4. The molecule has 0 radical (unpaired) electrons. The van der Waals surface area contributed by atoms with Gasteiger partial charge in [0.2, 0.25) is 21.8 Å². The number of nitrogens with zero attached hydrogens (tertiary/aromatic N) is 2. The summed E-state index contributed by atoms with van der Waals surface area (Å²) in [6, 6.07) is 15.6. The average molecular weight is 522 g/mol. The number of sulfonamides is 1. The van der Waals surface area contributed by atoms with Gasteiger partial charge >= 0.3 is 0 Å². The molecule has 0 aliphatic rings. The summed E-state index contributed by atoms with van der Waals surface area (Å²) in [6.45, 7) is 4.95. The molecule has 2 aromatic rings. The van der Waals surface area contributed by atoms with Gasteiger partial charge in [0.25, 0.3) is 0 Å². The highest BCUT2D eigenvalue weighted by Crippen LogP contribution is 2.23. The van der Waals surface area contributed by atoms with Gasteiger partial charge in [-0.05, 0) is 43.0 Å². The van der Waals surface area contributed by atoms with E-state index in [1.165, 1.54) is 4.31 Å². The number of halogens is 1. The zero-order valence-electron chi connectivity index (χ0n) is 20.7. The van der Waals surface area contributed by atoms with Gasteiger partial charge < -0.3 is 10.2 Å². The van der Waals surface area contributed by atoms with Crippen LogP contribution in [-0.2, 0) is 26.2 Å². The fourth-order valence-electron chi connectivity index (χ4n) is 3.84. The quantitative estimate of drug-likeness (QED) is 0.368. The molecule has 1 unspecified atom stereocenters. The highest BCUT2D eigenvalue weighted by molar-refractivity contribution is 7.92. The largest absolute Gasteiger partial charge is 0.354 e. The Labute approximate surface area is 214 Å². The number of anilines is 1. The van der Waals surface area contributed by atoms with Crippen LogP contribution in [0.4, 0.5) is 5.69 Å². The van der Waals surface area contributed by atoms with Crippen LogP contribution in [0.2, 0.25) is 5.02 Å². The first kappa shape index (κ1) is 28.7. The van der Waals surface area contributed by atoms with Crippen molar-refractivity contribution in [2.75, 3.05) is 23.7 Å². The van der Waals surface area contributed by atoms with Crippen molar-refractivity contribution in [2.45, 2.75) is 58.5 Å². The zero-order valence-corrected chi connectivity index (χ0v) is 22.3. The summed E-state index contributed by atoms with van der Waals surface area (Å²) >= 11 is 6.05. The molecule has 0 saturated heterocycles. The van der Waals surface area contributed by atoms with Crippen molar-refractivity contribution in [3.05, 3.63) is 65.2 Å². The minimum atomic E-state index is -3.56. The van der Waals surface area contributed by atoms with Crippen molar-refractivity contribution in [3.63, 3.8) is 0 Å². The minimum Gasteiger partial charge on any atom is -0.354 e. The number of rotatable bonds is 14. The summed E-state index contributed by atoms with van der Waals surface area (Å²) in [4.78, 5) is 27.9. The van der Waals surface area contributed by atoms with E-state index in [1.54, 1.807) is 29.2 Å². The molecule has 0 spiro atoms. The molecule has 1 atom stereocenters. The number of unbranched alkanes of at least 4 members (excludes halogenated alkanes) is 1. The van der Waals surface area contributed by atoms with E-state index >= 15 is 0 Å². The summed E-state index contributed by atoms with van der Waals surface area (Å²) < 4.78 is 26.0. The summed E-state index contributed by atoms with van der Waals surface area (Å²) in [5.74, 6) is -0.354. The van der Waals surface area contributed by atoms with E-state index in [-0.39, 0.29) is 24.8 Å². The summed E-state index contributed by atoms with van der Waals surface area (Å²) in [5, 5.41) is 3.38. The third kappa shape index (κ3) is 9.18. The zero-order chi connectivity index (χ0) is 25.8. The van der Waals surface area contributed by atoms with Crippen molar-refractivity contribution in [1.82, 2.24) is 10.2 Å². The summed E-state index contributed by atoms with van der Waals surface area (Å²) in [5.41, 5.74) is 1.38. The number of hydrogen-bond donors (Lipinski definition) is 1. The second-order valence-electron chi connectivity index (χ2n) is 8.49. The van der Waals surface area contributed by atoms with Gasteiger partial charge in [-0.2, -0.15) is 0 Å². The molecule has 2 aromatic carbocycles. The molecule has 1 N–H and O–H groups in total. The monoisotopic (exact) mass is 521 g/mol. The second kappa shape index (κ2) is 14.1. The summed E-state index contributed by atoms with van der Waals surface area (Å²) in [7, 11) is -3.56. The number of amides is 2. The first-order chi connectivity index (χ1) is 16.7. The molecule has 2 rings (SSSR count). The molecule has 0 aliphatic heterocycles. The van der Waals surface area contributed by atoms with Crippen molar-refractivity contribution >= 4 is 39.1 Å². The van der Waals surface area contributed by atoms with Gasteiger partial charge in [-0.15, -0.1) is 0 Å². The number of carbonyl (C=O) groups is 2. The van der Waals surface area contributed by atoms with Gasteiger partial charge in [-0.25, -0.2) is 8.42 Å². The standard InChI is InChI=1S/C26H36ClN3O4S/c1-4-6-17-28-26(32)24(5-2)29(20-21-12-8-7-9-13-21)25(31)16-11-18-30(35(3,33)34)23-15-10-14-22(27)19-23/h7-10,12-15,19,24H,4-6,11,16-18,20H2,1-3H3,(H,28,32). The molecule has 0 aliphatic carbocycles. The molecular weight excluding hydrogens is 486 g/mol. The minimum absolute atomic E-state index is 0.109. The molecule has 0 fully saturated rings. The molecule has 192 valence electrons. The van der Waals surface area contributed by atoms with Crippen molar-refractivity contribution in [1.29, 1.82) is 0 Å². The summed E-state index contributed by atoms with van der Waals surface area (Å²) in [6.07, 6.45) is 3.86. The Morgan fingerprint density at radius 3 is 2.34 bits per heavy atom. The molecule has 35 heavy (non-hydrogen) atoms. The van der Waals surface area contributed by atoms with Gasteiger partial charge in [0, 0.05) is 31.1 Å². The third-order valence-electron chi connectivity index (χ3n) is 5.66. The van der Waals surface area contributed by atoms with Crippen LogP contribution in [0.1, 0.15) is 51.5 Å². The molecule has 7 nitrogen and oxygen atoms in total. The molecule has 2 amide bonds. The van der Waals surface area contributed by atoms with Crippen molar-refractivity contribution in [2.24, 2.45) is 0 Å². The maximum Gasteiger partial charge on any atom is 0.242 e. The Morgan fingerprint density at radius 2 is 1.74 bits per heavy atom. The predicted octanol–water partition coefficient (Wildman–Crippen LogP) is 4.61. The highest BCUT2D eigenvalue weighted by Gasteiger charge is 2.28. The Kier molecular flexibility index (Phi) is 11.5. The van der Waals surface area contributed by atoms with Crippen molar-refractivity contribution < 1.29 is 18.0 Å². The van der Waals surface area contributed by atoms with Gasteiger partial charge in [0.1, 0.15) is 6.04 Å². The lowest BCUT2D eigenvalue weighted by Crippen LogP contribution is -2.49. The predicted molar refractivity (Wildman–Crippen MR) is 142 cm³/mol. The smallest absolute Gasteiger partial charge is 0.242 e. The van der Waals surface area contributed by atoms with Crippen LogP contribution in [-0.4, -0.2) is 50.5 Å². The highest BCUT2D eigenvalue weighted by atomic mass is 35.5. The van der Waals surface area contributed by atoms with Gasteiger partial charge in [-0.3, -0.25) is 13.9 Å². The van der Waals surface area contributed by atoms with Crippen LogP contribution >= 0.6 is 11.6 Å². The van der Waals surface area contributed by atoms with Crippen LogP contribution < -0.4 is 9.62 Å². The van der Waals surface area contributed by atoms with Crippen LogP contribution in [0.15, 0.2) is 54.6 Å². The van der Waals surface area contributed by atoms with Gasteiger partial charge in [0.05, 0.1) is 11.9 Å². The number of nitrogens with one attached hydrogen (secondary N) is 1. The topological polar surface area (TPSA) is 86.8 Å². The van der Waals surface area contributed by atoms with Crippen LogP contribution in [0.5, 0.6) is 0 Å². The third-order valence-corrected chi connectivity index (χ3v) is 7.09. The molecule has 0 heterocycles. The molecule has 0 saturated carbocycles. The lowest BCUT2D eigenvalue weighted by molar-refractivity contribution is -0.141. The number of hydrogen-bond acceptors (Lipinski definition) is 4. The molecule has 0 bridgehead atoms. The van der Waals surface area contributed by atoms with Crippen LogP contribution in [0.25, 0.3) is 0 Å². The Morgan fingerprint density at radius 1 is 1.03 bits per heavy atom. The fraction of sp³-hybridized carbons (Fsp3) is 0.462. The molecular formula is C26H36ClN3O4S. The lowest BCUT2D eigenvalue weighted by atomic mass is 10.1. The second-order valence-corrected chi connectivity index (χ2v) is 10.8. The molecule has 9 heteroatoms. The Hall–Kier alpha value is -2.58. The van der Waals surface area contributed by atoms with E-state index in [9.17, 15) is 18.0 Å². The fourth-order valence-corrected chi connectivity index (χ4v) is 4.98. The van der Waals surface area contributed by atoms with E-state index in [2.05, 4.69) is 12.2 Å². The first-order valence-corrected chi connectivity index (χ1v) is 14.2. The average Bonchev–Trinajstić information content (AvgIpc) is 2.81.